The molecule has 0 aliphatic carbocycles. The molecule has 164 valence electrons. The Hall–Kier alpha value is -1.06. The molecule has 1 aromatic carbocycles. The number of halogens is 1. The smallest absolute Gasteiger partial charge is 0.191 e. The Labute approximate surface area is 192 Å². The molecule has 0 unspecified atom stereocenters. The van der Waals surface area contributed by atoms with Gasteiger partial charge in [-0.25, -0.2) is 0 Å². The molecule has 2 saturated heterocycles. The molecule has 2 heterocycles. The first-order valence-corrected chi connectivity index (χ1v) is 10.7. The van der Waals surface area contributed by atoms with Gasteiger partial charge < -0.3 is 20.1 Å². The van der Waals surface area contributed by atoms with Crippen molar-refractivity contribution in [3.8, 4) is 5.75 Å². The van der Waals surface area contributed by atoms with E-state index < -0.39 is 0 Å². The molecule has 6 nitrogen and oxygen atoms in total. The van der Waals surface area contributed by atoms with Crippen LogP contribution in [0.1, 0.15) is 43.7 Å². The van der Waals surface area contributed by atoms with Gasteiger partial charge >= 0.3 is 0 Å². The second-order valence-corrected chi connectivity index (χ2v) is 7.85. The number of nitrogens with zero attached hydrogens (tertiary/aromatic N) is 2. The van der Waals surface area contributed by atoms with Gasteiger partial charge in [-0.05, 0) is 64.3 Å². The Morgan fingerprint density at radius 1 is 1.21 bits per heavy atom. The van der Waals surface area contributed by atoms with E-state index >= 15 is 0 Å². The zero-order chi connectivity index (χ0) is 19.8. The summed E-state index contributed by atoms with van der Waals surface area (Å²) in [5.74, 6) is 1.79. The minimum Gasteiger partial charge on any atom is -0.494 e. The molecule has 7 heteroatoms. The van der Waals surface area contributed by atoms with Crippen molar-refractivity contribution in [1.82, 2.24) is 15.5 Å². The van der Waals surface area contributed by atoms with Gasteiger partial charge in [0.1, 0.15) is 5.75 Å². The highest BCUT2D eigenvalue weighted by atomic mass is 127. The highest BCUT2D eigenvalue weighted by molar-refractivity contribution is 14.0. The number of rotatable bonds is 7. The van der Waals surface area contributed by atoms with Crippen LogP contribution >= 0.6 is 24.0 Å². The summed E-state index contributed by atoms with van der Waals surface area (Å²) in [6.07, 6.45) is 4.79. The Morgan fingerprint density at radius 3 is 2.59 bits per heavy atom. The van der Waals surface area contributed by atoms with Crippen LogP contribution < -0.4 is 15.4 Å². The van der Waals surface area contributed by atoms with E-state index in [4.69, 9.17) is 9.47 Å². The number of guanidine groups is 1. The van der Waals surface area contributed by atoms with Gasteiger partial charge in [0.05, 0.1) is 6.61 Å². The zero-order valence-electron chi connectivity index (χ0n) is 18.1. The maximum atomic E-state index is 5.80. The van der Waals surface area contributed by atoms with Gasteiger partial charge in [-0.15, -0.1) is 24.0 Å². The fourth-order valence-corrected chi connectivity index (χ4v) is 4.29. The summed E-state index contributed by atoms with van der Waals surface area (Å²) >= 11 is 0. The summed E-state index contributed by atoms with van der Waals surface area (Å²) in [6, 6.07) is 6.35. The maximum absolute atomic E-state index is 5.80. The molecule has 0 bridgehead atoms. The van der Waals surface area contributed by atoms with Crippen molar-refractivity contribution in [2.75, 3.05) is 46.5 Å². The largest absolute Gasteiger partial charge is 0.494 e. The van der Waals surface area contributed by atoms with Crippen LogP contribution in [0.15, 0.2) is 23.2 Å². The molecular weight excluding hydrogens is 479 g/mol. The van der Waals surface area contributed by atoms with Gasteiger partial charge in [0.15, 0.2) is 5.96 Å². The van der Waals surface area contributed by atoms with E-state index in [0.717, 1.165) is 49.9 Å². The summed E-state index contributed by atoms with van der Waals surface area (Å²) < 4.78 is 11.5. The molecule has 0 saturated carbocycles. The number of aryl methyl sites for hydroxylation is 1. The van der Waals surface area contributed by atoms with Crippen LogP contribution in [0, 0.1) is 6.92 Å². The molecule has 1 aromatic rings. The maximum Gasteiger partial charge on any atom is 0.191 e. The van der Waals surface area contributed by atoms with Gasteiger partial charge in [0.25, 0.3) is 0 Å². The lowest BCUT2D eigenvalue weighted by molar-refractivity contribution is -0.0164. The van der Waals surface area contributed by atoms with Crippen LogP contribution in [-0.2, 0) is 11.3 Å². The van der Waals surface area contributed by atoms with Gasteiger partial charge in [0, 0.05) is 44.5 Å². The average Bonchev–Trinajstić information content (AvgIpc) is 3.26. The molecule has 0 atom stereocenters. The van der Waals surface area contributed by atoms with E-state index in [-0.39, 0.29) is 29.5 Å². The molecule has 2 N–H and O–H groups in total. The lowest BCUT2D eigenvalue weighted by atomic mass is 9.88. The monoisotopic (exact) mass is 516 g/mol. The number of hydrogen-bond donors (Lipinski definition) is 2. The number of aliphatic imine (C=N–C) groups is 1. The SMILES string of the molecule is CCOc1cc(C)ccc1CNC(=NC)NCC1(N2CCCC2)CCOCC1.I. The fourth-order valence-electron chi connectivity index (χ4n) is 4.29. The van der Waals surface area contributed by atoms with Crippen molar-refractivity contribution in [3.05, 3.63) is 29.3 Å². The minimum atomic E-state index is 0. The van der Waals surface area contributed by atoms with Gasteiger partial charge in [-0.3, -0.25) is 9.89 Å². The van der Waals surface area contributed by atoms with E-state index in [1.54, 1.807) is 0 Å². The van der Waals surface area contributed by atoms with Crippen LogP contribution in [0.5, 0.6) is 5.75 Å². The summed E-state index contributed by atoms with van der Waals surface area (Å²) in [6.45, 7) is 10.5. The van der Waals surface area contributed by atoms with Crippen LogP contribution in [0.3, 0.4) is 0 Å². The normalized spacial score (nSPS) is 19.5. The molecule has 2 fully saturated rings. The molecule has 0 amide bonds. The molecule has 0 aromatic heterocycles. The third-order valence-electron chi connectivity index (χ3n) is 5.98. The van der Waals surface area contributed by atoms with Crippen molar-refractivity contribution in [1.29, 1.82) is 0 Å². The van der Waals surface area contributed by atoms with Crippen LogP contribution in [-0.4, -0.2) is 62.9 Å². The van der Waals surface area contributed by atoms with E-state index in [2.05, 4.69) is 45.6 Å². The van der Waals surface area contributed by atoms with Crippen molar-refractivity contribution >= 4 is 29.9 Å². The highest BCUT2D eigenvalue weighted by Crippen LogP contribution is 2.30. The summed E-state index contributed by atoms with van der Waals surface area (Å²) in [4.78, 5) is 7.11. The zero-order valence-corrected chi connectivity index (χ0v) is 20.5. The molecule has 2 aliphatic heterocycles. The lowest BCUT2D eigenvalue weighted by Crippen LogP contribution is -2.58. The second kappa shape index (κ2) is 12.0. The number of ether oxygens (including phenoxy) is 2. The molecule has 29 heavy (non-hydrogen) atoms. The second-order valence-electron chi connectivity index (χ2n) is 7.85. The van der Waals surface area contributed by atoms with E-state index in [0.29, 0.717) is 13.2 Å². The molecular formula is C22H37IN4O2. The average molecular weight is 516 g/mol. The predicted octanol–water partition coefficient (Wildman–Crippen LogP) is 3.32. The van der Waals surface area contributed by atoms with Crippen LogP contribution in [0.25, 0.3) is 0 Å². The standard InChI is InChI=1S/C22H36N4O2.HI/c1-4-28-20-15-18(2)7-8-19(20)16-24-21(23-3)25-17-22(9-13-27-14-10-22)26-11-5-6-12-26;/h7-8,15H,4-6,9-14,16-17H2,1-3H3,(H2,23,24,25);1H. The van der Waals surface area contributed by atoms with Crippen molar-refractivity contribution in [3.63, 3.8) is 0 Å². The number of nitrogens with one attached hydrogen (secondary N) is 2. The molecule has 0 radical (unpaired) electrons. The number of hydrogen-bond acceptors (Lipinski definition) is 4. The fraction of sp³-hybridized carbons (Fsp3) is 0.682. The quantitative estimate of drug-likeness (QED) is 0.331. The first-order chi connectivity index (χ1) is 13.7. The molecule has 2 aliphatic rings. The Kier molecular flexibility index (Phi) is 9.98. The Balaban J connectivity index is 0.00000300. The Morgan fingerprint density at radius 2 is 1.93 bits per heavy atom. The van der Waals surface area contributed by atoms with Gasteiger partial charge in [-0.2, -0.15) is 0 Å². The lowest BCUT2D eigenvalue weighted by Gasteiger charge is -2.45. The topological polar surface area (TPSA) is 58.1 Å². The van der Waals surface area contributed by atoms with Crippen molar-refractivity contribution in [2.45, 2.75) is 51.6 Å². The summed E-state index contributed by atoms with van der Waals surface area (Å²) in [5, 5.41) is 7.05. The minimum absolute atomic E-state index is 0. The first-order valence-electron chi connectivity index (χ1n) is 10.7. The Bertz CT molecular complexity index is 656. The van der Waals surface area contributed by atoms with Gasteiger partial charge in [-0.1, -0.05) is 12.1 Å². The molecule has 0 spiro atoms. The summed E-state index contributed by atoms with van der Waals surface area (Å²) in [7, 11) is 1.83. The van der Waals surface area contributed by atoms with Crippen LogP contribution in [0.2, 0.25) is 0 Å². The van der Waals surface area contributed by atoms with E-state index in [9.17, 15) is 0 Å². The number of likely N-dealkylation sites (tertiary alicyclic amines) is 1. The first kappa shape index (κ1) is 24.2. The number of benzene rings is 1. The van der Waals surface area contributed by atoms with E-state index in [1.807, 2.05) is 14.0 Å². The van der Waals surface area contributed by atoms with E-state index in [1.165, 1.54) is 31.5 Å². The van der Waals surface area contributed by atoms with Crippen LogP contribution in [0.4, 0.5) is 0 Å². The third-order valence-corrected chi connectivity index (χ3v) is 5.98. The highest BCUT2D eigenvalue weighted by Gasteiger charge is 2.39. The van der Waals surface area contributed by atoms with Crippen molar-refractivity contribution in [2.24, 2.45) is 4.99 Å². The third kappa shape index (κ3) is 6.46. The molecule has 3 rings (SSSR count). The predicted molar refractivity (Wildman–Crippen MR) is 130 cm³/mol. The van der Waals surface area contributed by atoms with Crippen molar-refractivity contribution < 1.29 is 9.47 Å². The summed E-state index contributed by atoms with van der Waals surface area (Å²) in [5.41, 5.74) is 2.55. The van der Waals surface area contributed by atoms with Gasteiger partial charge in [0.2, 0.25) is 0 Å².